The number of aryl methyl sites for hydroxylation is 12. The van der Waals surface area contributed by atoms with Gasteiger partial charge in [-0.1, -0.05) is 109 Å². The highest BCUT2D eigenvalue weighted by molar-refractivity contribution is 7.56. The number of rotatable bonds is 8. The quantitative estimate of drug-likeness (QED) is 0.112. The van der Waals surface area contributed by atoms with Gasteiger partial charge in [0.1, 0.15) is 10.3 Å². The summed E-state index contributed by atoms with van der Waals surface area (Å²) in [5.41, 5.74) is 16.5. The molecular formula is C55H62O6P2. The average molecular weight is 881 g/mol. The van der Waals surface area contributed by atoms with Crippen LogP contribution in [0.2, 0.25) is 0 Å². The van der Waals surface area contributed by atoms with Crippen LogP contribution in [0.4, 0.5) is 0 Å². The Bertz CT molecular complexity index is 2280. The van der Waals surface area contributed by atoms with Crippen LogP contribution in [0.5, 0.6) is 0 Å². The molecule has 2 fully saturated rings. The van der Waals surface area contributed by atoms with Gasteiger partial charge in [0.05, 0.1) is 31.8 Å². The minimum absolute atomic E-state index is 0.00991. The molecule has 0 radical (unpaired) electrons. The molecule has 2 heterocycles. The van der Waals surface area contributed by atoms with Gasteiger partial charge in [-0.05, 0) is 183 Å². The molecule has 6 aromatic rings. The van der Waals surface area contributed by atoms with Gasteiger partial charge in [0.15, 0.2) is 0 Å². The molecule has 0 atom stereocenters. The highest BCUT2D eigenvalue weighted by atomic mass is 31.2. The van der Waals surface area contributed by atoms with Crippen LogP contribution in [0, 0.1) is 88.5 Å². The SMILES string of the molecule is Cc1cccc(C)c1C(c1c(C)cccc1C)(c1c(C)cccc1C)P1(=O)OCC2(CO1)COP(=O)(C(c1c(C)cccc1C)(c1c(C)cccc1C)c1c(C)cccc1C)OC2. The molecule has 0 bridgehead atoms. The van der Waals surface area contributed by atoms with Gasteiger partial charge in [-0.3, -0.25) is 9.13 Å². The third kappa shape index (κ3) is 6.82. The Morgan fingerprint density at radius 2 is 0.460 bits per heavy atom. The summed E-state index contributed by atoms with van der Waals surface area (Å²) in [4.78, 5) is 0. The topological polar surface area (TPSA) is 71.1 Å². The molecule has 0 aliphatic carbocycles. The molecule has 2 aliphatic rings. The Balaban J connectivity index is 1.30. The fourth-order valence-electron chi connectivity index (χ4n) is 11.5. The van der Waals surface area contributed by atoms with E-state index in [1.54, 1.807) is 0 Å². The van der Waals surface area contributed by atoms with E-state index in [0.29, 0.717) is 0 Å². The summed E-state index contributed by atoms with van der Waals surface area (Å²) in [5, 5.41) is -2.66. The van der Waals surface area contributed by atoms with Gasteiger partial charge in [-0.2, -0.15) is 0 Å². The van der Waals surface area contributed by atoms with E-state index in [1.165, 1.54) is 0 Å². The second-order valence-electron chi connectivity index (χ2n) is 18.6. The molecule has 0 amide bonds. The Hall–Kier alpha value is -4.38. The van der Waals surface area contributed by atoms with Gasteiger partial charge in [-0.15, -0.1) is 0 Å². The van der Waals surface area contributed by atoms with E-state index in [0.717, 1.165) is 100 Å². The standard InChI is InChI=1S/C55H62O6P2/c1-35-19-13-20-36(2)47(35)54(48-37(3)21-14-22-38(48)4,49-39(5)23-15-24-40(49)6)62(56)58-31-53(32-59-62)33-60-63(57,61-34-53)55(50-41(7)25-16-26-42(50)8,51-43(9)27-17-28-44(51)10)52-45(11)29-18-30-46(52)12/h13-30H,31-34H2,1-12H3. The predicted molar refractivity (Wildman–Crippen MR) is 257 cm³/mol. The predicted octanol–water partition coefficient (Wildman–Crippen LogP) is 14.1. The van der Waals surface area contributed by atoms with Crippen LogP contribution in [-0.2, 0) is 37.5 Å². The maximum atomic E-state index is 16.7. The molecule has 6 nitrogen and oxygen atoms in total. The summed E-state index contributed by atoms with van der Waals surface area (Å²) in [6.45, 7) is 25.1. The van der Waals surface area contributed by atoms with Crippen LogP contribution in [0.3, 0.4) is 0 Å². The molecule has 2 saturated heterocycles. The van der Waals surface area contributed by atoms with Crippen molar-refractivity contribution in [3.63, 3.8) is 0 Å². The van der Waals surface area contributed by atoms with Gasteiger partial charge in [0.25, 0.3) is 0 Å². The summed E-state index contributed by atoms with van der Waals surface area (Å²) >= 11 is 0. The first-order valence-corrected chi connectivity index (χ1v) is 25.2. The summed E-state index contributed by atoms with van der Waals surface area (Å²) < 4.78 is 61.5. The van der Waals surface area contributed by atoms with Crippen LogP contribution in [0.25, 0.3) is 0 Å². The van der Waals surface area contributed by atoms with Crippen molar-refractivity contribution < 1.29 is 27.2 Å². The molecule has 2 aliphatic heterocycles. The van der Waals surface area contributed by atoms with Crippen LogP contribution in [-0.4, -0.2) is 26.4 Å². The molecule has 328 valence electrons. The summed E-state index contributed by atoms with van der Waals surface area (Å²) in [6, 6.07) is 37.3. The third-order valence-corrected chi connectivity index (χ3v) is 18.9. The van der Waals surface area contributed by atoms with Crippen LogP contribution in [0.1, 0.15) is 100 Å². The second-order valence-corrected chi connectivity index (χ2v) is 23.0. The Kier molecular flexibility index (Phi) is 11.9. The molecular weight excluding hydrogens is 819 g/mol. The number of hydrogen-bond acceptors (Lipinski definition) is 6. The van der Waals surface area contributed by atoms with Gasteiger partial charge < -0.3 is 18.1 Å². The first kappa shape index (κ1) is 45.2. The first-order chi connectivity index (χ1) is 29.9. The van der Waals surface area contributed by atoms with Crippen molar-refractivity contribution in [2.45, 2.75) is 93.4 Å². The zero-order valence-corrected chi connectivity index (χ0v) is 40.9. The zero-order chi connectivity index (χ0) is 45.3. The molecule has 8 heteroatoms. The van der Waals surface area contributed by atoms with Crippen molar-refractivity contribution >= 4 is 15.2 Å². The van der Waals surface area contributed by atoms with Crippen molar-refractivity contribution in [2.24, 2.45) is 5.41 Å². The lowest BCUT2D eigenvalue weighted by Gasteiger charge is -2.52. The monoisotopic (exact) mass is 880 g/mol. The van der Waals surface area contributed by atoms with E-state index < -0.39 is 30.9 Å². The van der Waals surface area contributed by atoms with Crippen LogP contribution < -0.4 is 0 Å². The second kappa shape index (κ2) is 16.6. The van der Waals surface area contributed by atoms with E-state index in [9.17, 15) is 0 Å². The molecule has 0 N–H and O–H groups in total. The summed E-state index contributed by atoms with van der Waals surface area (Å²) in [7, 11) is -8.40. The maximum Gasteiger partial charge on any atom is 0.350 e. The molecule has 6 aromatic carbocycles. The van der Waals surface area contributed by atoms with Crippen LogP contribution in [0.15, 0.2) is 109 Å². The fraction of sp³-hybridized carbons (Fsp3) is 0.345. The Labute approximate surface area is 375 Å². The van der Waals surface area contributed by atoms with Crippen molar-refractivity contribution in [2.75, 3.05) is 26.4 Å². The lowest BCUT2D eigenvalue weighted by molar-refractivity contribution is -0.0729. The molecule has 0 unspecified atom stereocenters. The van der Waals surface area contributed by atoms with Crippen molar-refractivity contribution in [1.29, 1.82) is 0 Å². The van der Waals surface area contributed by atoms with Gasteiger partial charge >= 0.3 is 15.2 Å². The van der Waals surface area contributed by atoms with E-state index >= 15 is 9.13 Å². The van der Waals surface area contributed by atoms with E-state index in [1.807, 2.05) is 36.4 Å². The smallest absolute Gasteiger partial charge is 0.307 e. The molecule has 63 heavy (non-hydrogen) atoms. The third-order valence-electron chi connectivity index (χ3n) is 14.0. The Morgan fingerprint density at radius 3 is 0.603 bits per heavy atom. The highest BCUT2D eigenvalue weighted by Gasteiger charge is 2.65. The number of hydrogen-bond donors (Lipinski definition) is 0. The summed E-state index contributed by atoms with van der Waals surface area (Å²) in [5.74, 6) is 0. The average Bonchev–Trinajstić information content (AvgIpc) is 3.22. The van der Waals surface area contributed by atoms with E-state index in [-0.39, 0.29) is 26.4 Å². The zero-order valence-electron chi connectivity index (χ0n) is 39.1. The first-order valence-electron chi connectivity index (χ1n) is 22.1. The normalized spacial score (nSPS) is 21.8. The molecule has 1 spiro atoms. The van der Waals surface area contributed by atoms with Crippen molar-refractivity contribution in [1.82, 2.24) is 0 Å². The fourth-order valence-corrected chi connectivity index (χ4v) is 17.9. The largest absolute Gasteiger partial charge is 0.350 e. The lowest BCUT2D eigenvalue weighted by atomic mass is 9.74. The molecule has 0 aromatic heterocycles. The van der Waals surface area contributed by atoms with Crippen LogP contribution >= 0.6 is 15.2 Å². The van der Waals surface area contributed by atoms with E-state index in [4.69, 9.17) is 18.1 Å². The van der Waals surface area contributed by atoms with Gasteiger partial charge in [0.2, 0.25) is 0 Å². The number of benzene rings is 6. The maximum absolute atomic E-state index is 16.7. The summed E-state index contributed by atoms with van der Waals surface area (Å²) in [6.07, 6.45) is 0. The van der Waals surface area contributed by atoms with Crippen molar-refractivity contribution in [3.05, 3.63) is 209 Å². The highest BCUT2D eigenvalue weighted by Crippen LogP contribution is 2.78. The molecule has 0 saturated carbocycles. The minimum atomic E-state index is -4.20. The van der Waals surface area contributed by atoms with E-state index in [2.05, 4.69) is 156 Å². The lowest BCUT2D eigenvalue weighted by Crippen LogP contribution is -2.50. The van der Waals surface area contributed by atoms with Gasteiger partial charge in [0, 0.05) is 0 Å². The minimum Gasteiger partial charge on any atom is -0.307 e. The Morgan fingerprint density at radius 1 is 0.317 bits per heavy atom. The molecule has 8 rings (SSSR count). The van der Waals surface area contributed by atoms with Crippen molar-refractivity contribution in [3.8, 4) is 0 Å². The van der Waals surface area contributed by atoms with Gasteiger partial charge in [-0.25, -0.2) is 0 Å².